The maximum Gasteiger partial charge on any atom is 0.166 e. The smallest absolute Gasteiger partial charge is 0.166 e. The van der Waals surface area contributed by atoms with E-state index in [1.807, 2.05) is 0 Å². The molecule has 2 rings (SSSR count). The summed E-state index contributed by atoms with van der Waals surface area (Å²) in [6, 6.07) is 3.15. The molecular formula is C10H8BrFN2O. The quantitative estimate of drug-likeness (QED) is 0.911. The summed E-state index contributed by atoms with van der Waals surface area (Å²) >= 11 is 3.24. The maximum absolute atomic E-state index is 13.5. The van der Waals surface area contributed by atoms with Crippen LogP contribution in [0.2, 0.25) is 0 Å². The Hall–Kier alpha value is -1.36. The van der Waals surface area contributed by atoms with Crippen LogP contribution in [0.1, 0.15) is 0 Å². The number of rotatable bonds is 2. The number of ether oxygens (including phenoxy) is 1. The van der Waals surface area contributed by atoms with Crippen molar-refractivity contribution < 1.29 is 9.13 Å². The van der Waals surface area contributed by atoms with E-state index in [1.165, 1.54) is 13.2 Å². The average molecular weight is 271 g/mol. The fourth-order valence-corrected chi connectivity index (χ4v) is 1.81. The predicted octanol–water partition coefficient (Wildman–Crippen LogP) is 2.99. The van der Waals surface area contributed by atoms with Gasteiger partial charge < -0.3 is 4.74 Å². The predicted molar refractivity (Wildman–Crippen MR) is 58.2 cm³/mol. The van der Waals surface area contributed by atoms with E-state index in [4.69, 9.17) is 4.74 Å². The summed E-state index contributed by atoms with van der Waals surface area (Å²) < 4.78 is 19.2. The molecule has 1 aromatic heterocycles. The van der Waals surface area contributed by atoms with Crippen molar-refractivity contribution in [3.8, 4) is 16.9 Å². The molecule has 5 heteroatoms. The normalized spacial score (nSPS) is 10.3. The first-order valence-electron chi connectivity index (χ1n) is 4.24. The third-order valence-corrected chi connectivity index (χ3v) is 2.48. The minimum atomic E-state index is -0.400. The van der Waals surface area contributed by atoms with Crippen molar-refractivity contribution in [3.63, 3.8) is 0 Å². The molecule has 0 saturated carbocycles. The zero-order valence-electron chi connectivity index (χ0n) is 7.92. The van der Waals surface area contributed by atoms with Gasteiger partial charge in [0, 0.05) is 21.8 Å². The van der Waals surface area contributed by atoms with Crippen molar-refractivity contribution in [1.29, 1.82) is 0 Å². The summed E-state index contributed by atoms with van der Waals surface area (Å²) in [5, 5.41) is 6.49. The second-order valence-corrected chi connectivity index (χ2v) is 3.87. The lowest BCUT2D eigenvalue weighted by atomic mass is 10.1. The summed E-state index contributed by atoms with van der Waals surface area (Å²) in [4.78, 5) is 0. The number of hydrogen-bond acceptors (Lipinski definition) is 2. The van der Waals surface area contributed by atoms with Crippen molar-refractivity contribution >= 4 is 15.9 Å². The van der Waals surface area contributed by atoms with Crippen LogP contribution >= 0.6 is 15.9 Å². The lowest BCUT2D eigenvalue weighted by Gasteiger charge is -2.08. The second kappa shape index (κ2) is 4.02. The third kappa shape index (κ3) is 1.87. The Balaban J connectivity index is 2.64. The molecule has 0 fully saturated rings. The minimum absolute atomic E-state index is 0.222. The second-order valence-electron chi connectivity index (χ2n) is 2.96. The van der Waals surface area contributed by atoms with Gasteiger partial charge in [-0.25, -0.2) is 4.39 Å². The van der Waals surface area contributed by atoms with Gasteiger partial charge in [-0.05, 0) is 12.1 Å². The van der Waals surface area contributed by atoms with Crippen molar-refractivity contribution in [2.45, 2.75) is 0 Å². The number of methoxy groups -OCH3 is 1. The van der Waals surface area contributed by atoms with Gasteiger partial charge in [-0.15, -0.1) is 0 Å². The SMILES string of the molecule is COc1c(F)cc(Br)cc1-c1cn[nH]c1. The highest BCUT2D eigenvalue weighted by molar-refractivity contribution is 9.10. The largest absolute Gasteiger partial charge is 0.493 e. The van der Waals surface area contributed by atoms with Crippen LogP contribution in [0.5, 0.6) is 5.75 Å². The Bertz CT molecular complexity index is 471. The Morgan fingerprint density at radius 1 is 1.47 bits per heavy atom. The van der Waals surface area contributed by atoms with E-state index in [0.29, 0.717) is 10.0 Å². The first-order chi connectivity index (χ1) is 7.22. The van der Waals surface area contributed by atoms with E-state index in [9.17, 15) is 4.39 Å². The first-order valence-corrected chi connectivity index (χ1v) is 5.04. The van der Waals surface area contributed by atoms with Crippen LogP contribution in [0.3, 0.4) is 0 Å². The molecule has 0 saturated heterocycles. The van der Waals surface area contributed by atoms with Crippen molar-refractivity contribution in [3.05, 3.63) is 34.8 Å². The number of nitrogens with zero attached hydrogens (tertiary/aromatic N) is 1. The summed E-state index contributed by atoms with van der Waals surface area (Å²) in [6.45, 7) is 0. The van der Waals surface area contributed by atoms with E-state index >= 15 is 0 Å². The molecule has 0 aliphatic rings. The molecule has 3 nitrogen and oxygen atoms in total. The molecule has 0 aliphatic heterocycles. The first kappa shape index (κ1) is 10.2. The van der Waals surface area contributed by atoms with E-state index < -0.39 is 5.82 Å². The lowest BCUT2D eigenvalue weighted by Crippen LogP contribution is -1.91. The van der Waals surface area contributed by atoms with Gasteiger partial charge in [0.05, 0.1) is 13.3 Å². The van der Waals surface area contributed by atoms with Gasteiger partial charge in [0.25, 0.3) is 0 Å². The maximum atomic E-state index is 13.5. The average Bonchev–Trinajstić information content (AvgIpc) is 2.69. The monoisotopic (exact) mass is 270 g/mol. The van der Waals surface area contributed by atoms with Gasteiger partial charge >= 0.3 is 0 Å². The van der Waals surface area contributed by atoms with Crippen LogP contribution in [0.15, 0.2) is 29.0 Å². The van der Waals surface area contributed by atoms with Crippen LogP contribution in [-0.4, -0.2) is 17.3 Å². The highest BCUT2D eigenvalue weighted by atomic mass is 79.9. The molecule has 2 aromatic rings. The Kier molecular flexibility index (Phi) is 2.73. The minimum Gasteiger partial charge on any atom is -0.493 e. The molecule has 0 spiro atoms. The number of benzene rings is 1. The van der Waals surface area contributed by atoms with Gasteiger partial charge in [0.1, 0.15) is 0 Å². The number of aromatic amines is 1. The summed E-state index contributed by atoms with van der Waals surface area (Å²) in [6.07, 6.45) is 3.30. The highest BCUT2D eigenvalue weighted by Crippen LogP contribution is 2.34. The Morgan fingerprint density at radius 2 is 2.27 bits per heavy atom. The van der Waals surface area contributed by atoms with E-state index in [-0.39, 0.29) is 5.75 Å². The molecule has 0 aliphatic carbocycles. The number of hydrogen-bond donors (Lipinski definition) is 1. The van der Waals surface area contributed by atoms with Crippen LogP contribution in [0.25, 0.3) is 11.1 Å². The van der Waals surface area contributed by atoms with E-state index in [0.717, 1.165) is 5.56 Å². The fourth-order valence-electron chi connectivity index (χ4n) is 1.38. The molecule has 1 heterocycles. The van der Waals surface area contributed by atoms with Gasteiger partial charge in [-0.1, -0.05) is 15.9 Å². The molecule has 15 heavy (non-hydrogen) atoms. The molecule has 0 amide bonds. The molecule has 0 bridgehead atoms. The van der Waals surface area contributed by atoms with Gasteiger partial charge in [-0.3, -0.25) is 5.10 Å². The summed E-state index contributed by atoms with van der Waals surface area (Å²) in [5.74, 6) is -0.178. The highest BCUT2D eigenvalue weighted by Gasteiger charge is 2.13. The zero-order chi connectivity index (χ0) is 10.8. The Labute approximate surface area is 94.4 Å². The number of H-pyrrole nitrogens is 1. The van der Waals surface area contributed by atoms with Crippen molar-refractivity contribution in [2.24, 2.45) is 0 Å². The lowest BCUT2D eigenvalue weighted by molar-refractivity contribution is 0.388. The van der Waals surface area contributed by atoms with Crippen LogP contribution in [0, 0.1) is 5.82 Å². The standard InChI is InChI=1S/C10H8BrFN2O/c1-15-10-8(6-4-13-14-5-6)2-7(11)3-9(10)12/h2-5H,1H3,(H,13,14). The molecular weight excluding hydrogens is 263 g/mol. The zero-order valence-corrected chi connectivity index (χ0v) is 9.51. The molecule has 0 atom stereocenters. The van der Waals surface area contributed by atoms with Crippen LogP contribution in [0.4, 0.5) is 4.39 Å². The van der Waals surface area contributed by atoms with E-state index in [1.54, 1.807) is 18.5 Å². The van der Waals surface area contributed by atoms with E-state index in [2.05, 4.69) is 26.1 Å². The summed E-state index contributed by atoms with van der Waals surface area (Å²) in [7, 11) is 1.44. The summed E-state index contributed by atoms with van der Waals surface area (Å²) in [5.41, 5.74) is 1.45. The number of nitrogens with one attached hydrogen (secondary N) is 1. The number of halogens is 2. The van der Waals surface area contributed by atoms with Crippen molar-refractivity contribution in [1.82, 2.24) is 10.2 Å². The Morgan fingerprint density at radius 3 is 2.87 bits per heavy atom. The molecule has 1 N–H and O–H groups in total. The third-order valence-electron chi connectivity index (χ3n) is 2.02. The number of aromatic nitrogens is 2. The van der Waals surface area contributed by atoms with Crippen molar-refractivity contribution in [2.75, 3.05) is 7.11 Å². The molecule has 0 unspecified atom stereocenters. The molecule has 1 aromatic carbocycles. The van der Waals surface area contributed by atoms with Crippen LogP contribution < -0.4 is 4.74 Å². The van der Waals surface area contributed by atoms with Gasteiger partial charge in [0.15, 0.2) is 11.6 Å². The molecule has 0 radical (unpaired) electrons. The van der Waals surface area contributed by atoms with Gasteiger partial charge in [0.2, 0.25) is 0 Å². The van der Waals surface area contributed by atoms with Crippen LogP contribution in [-0.2, 0) is 0 Å². The fraction of sp³-hybridized carbons (Fsp3) is 0.100. The van der Waals surface area contributed by atoms with Gasteiger partial charge in [-0.2, -0.15) is 5.10 Å². The topological polar surface area (TPSA) is 37.9 Å². The molecule has 78 valence electrons.